The zero-order valence-electron chi connectivity index (χ0n) is 17.3. The molecule has 1 atom stereocenters. The number of hydrogen-bond acceptors (Lipinski definition) is 8. The molecule has 0 radical (unpaired) electrons. The first-order chi connectivity index (χ1) is 14.7. The summed E-state index contributed by atoms with van der Waals surface area (Å²) < 4.78 is 23.3. The second kappa shape index (κ2) is 9.92. The first kappa shape index (κ1) is 22.7. The summed E-state index contributed by atoms with van der Waals surface area (Å²) in [6.07, 6.45) is 7.17. The van der Waals surface area contributed by atoms with Crippen LogP contribution in [0, 0.1) is 0 Å². The fourth-order valence-electron chi connectivity index (χ4n) is 3.04. The van der Waals surface area contributed by atoms with Crippen molar-refractivity contribution in [2.45, 2.75) is 25.9 Å². The standard InChI is InChI=1S/C19H27N7O4S/c1-13(27)16(25-31(2,29)30)12-23-18(28)14-4-5-17-15(10-14)11-24-26(17)9-3-6-20-19-21-7-8-22-19/h4-5,7-8,10-11,16,25,29-30H,3,6,9,12H2,1-2H3,(H,23,28)(H2,20,21,22). The van der Waals surface area contributed by atoms with Crippen LogP contribution in [-0.2, 0) is 11.3 Å². The minimum atomic E-state index is -3.07. The van der Waals surface area contributed by atoms with E-state index in [0.717, 1.165) is 29.8 Å². The number of carbonyl (C=O) groups excluding carboxylic acids is 2. The Labute approximate surface area is 181 Å². The maximum absolute atomic E-state index is 12.5. The van der Waals surface area contributed by atoms with Crippen molar-refractivity contribution < 1.29 is 18.7 Å². The second-order valence-electron chi connectivity index (χ2n) is 7.18. The third kappa shape index (κ3) is 6.52. The fourth-order valence-corrected chi connectivity index (χ4v) is 3.83. The molecule has 11 nitrogen and oxygen atoms in total. The number of imidazole rings is 1. The number of aromatic amines is 1. The molecular weight excluding hydrogens is 422 g/mol. The number of carbonyl (C=O) groups is 2. The van der Waals surface area contributed by atoms with E-state index in [1.165, 1.54) is 13.2 Å². The van der Waals surface area contributed by atoms with Gasteiger partial charge in [-0.1, -0.05) is 0 Å². The van der Waals surface area contributed by atoms with Crippen LogP contribution in [-0.4, -0.2) is 65.9 Å². The number of rotatable bonds is 11. The minimum Gasteiger partial charge on any atom is -0.356 e. The summed E-state index contributed by atoms with van der Waals surface area (Å²) in [5, 5.41) is 11.1. The number of fused-ring (bicyclic) bond motifs is 1. The molecule has 0 aliphatic rings. The second-order valence-corrected chi connectivity index (χ2v) is 9.09. The Morgan fingerprint density at radius 1 is 1.32 bits per heavy atom. The lowest BCUT2D eigenvalue weighted by Crippen LogP contribution is -2.45. The molecule has 0 aliphatic heterocycles. The normalized spacial score (nSPS) is 13.2. The smallest absolute Gasteiger partial charge is 0.251 e. The van der Waals surface area contributed by atoms with Gasteiger partial charge < -0.3 is 15.6 Å². The van der Waals surface area contributed by atoms with E-state index in [-0.39, 0.29) is 18.2 Å². The largest absolute Gasteiger partial charge is 0.356 e. The average Bonchev–Trinajstić information content (AvgIpc) is 3.36. The summed E-state index contributed by atoms with van der Waals surface area (Å²) in [6.45, 7) is 2.71. The van der Waals surface area contributed by atoms with Crippen molar-refractivity contribution in [1.82, 2.24) is 29.8 Å². The van der Waals surface area contributed by atoms with Gasteiger partial charge in [0.1, 0.15) is 11.8 Å². The van der Waals surface area contributed by atoms with Gasteiger partial charge in [0, 0.05) is 49.2 Å². The summed E-state index contributed by atoms with van der Waals surface area (Å²) in [6, 6.07) is 4.38. The molecule has 6 N–H and O–H groups in total. The lowest BCUT2D eigenvalue weighted by atomic mass is 10.1. The monoisotopic (exact) mass is 449 g/mol. The first-order valence-corrected chi connectivity index (χ1v) is 11.7. The molecular formula is C19H27N7O4S. The highest BCUT2D eigenvalue weighted by atomic mass is 32.3. The number of Topliss-reactive ketones (excluding diaryl/α,β-unsaturated/α-hetero) is 1. The molecule has 0 aliphatic carbocycles. The highest BCUT2D eigenvalue weighted by Gasteiger charge is 2.20. The van der Waals surface area contributed by atoms with Crippen molar-refractivity contribution in [2.75, 3.05) is 24.7 Å². The number of nitrogens with zero attached hydrogens (tertiary/aromatic N) is 3. The fraction of sp³-hybridized carbons (Fsp3) is 0.368. The van der Waals surface area contributed by atoms with Gasteiger partial charge in [-0.05, 0) is 31.5 Å². The Kier molecular flexibility index (Phi) is 7.28. The summed E-state index contributed by atoms with van der Waals surface area (Å²) >= 11 is 0. The van der Waals surface area contributed by atoms with Crippen LogP contribution in [0.2, 0.25) is 0 Å². The van der Waals surface area contributed by atoms with Crippen LogP contribution < -0.4 is 15.4 Å². The van der Waals surface area contributed by atoms with Crippen LogP contribution in [0.3, 0.4) is 0 Å². The van der Waals surface area contributed by atoms with Gasteiger partial charge in [-0.2, -0.15) is 5.10 Å². The van der Waals surface area contributed by atoms with Gasteiger partial charge in [0.05, 0.1) is 11.7 Å². The molecule has 168 valence electrons. The van der Waals surface area contributed by atoms with E-state index in [9.17, 15) is 18.7 Å². The first-order valence-electron chi connectivity index (χ1n) is 9.71. The van der Waals surface area contributed by atoms with Crippen molar-refractivity contribution in [2.24, 2.45) is 0 Å². The molecule has 2 heterocycles. The Morgan fingerprint density at radius 2 is 2.13 bits per heavy atom. The van der Waals surface area contributed by atoms with E-state index in [0.29, 0.717) is 12.1 Å². The lowest BCUT2D eigenvalue weighted by molar-refractivity contribution is -0.118. The van der Waals surface area contributed by atoms with Crippen molar-refractivity contribution in [3.8, 4) is 0 Å². The average molecular weight is 450 g/mol. The van der Waals surface area contributed by atoms with Gasteiger partial charge in [0.15, 0.2) is 5.95 Å². The molecule has 0 saturated carbocycles. The highest BCUT2D eigenvalue weighted by molar-refractivity contribution is 8.22. The molecule has 3 rings (SSSR count). The minimum absolute atomic E-state index is 0.0577. The molecule has 0 fully saturated rings. The van der Waals surface area contributed by atoms with E-state index >= 15 is 0 Å². The summed E-state index contributed by atoms with van der Waals surface area (Å²) in [7, 11) is -3.07. The van der Waals surface area contributed by atoms with E-state index < -0.39 is 16.8 Å². The van der Waals surface area contributed by atoms with E-state index in [2.05, 4.69) is 30.4 Å². The van der Waals surface area contributed by atoms with Gasteiger partial charge in [0.2, 0.25) is 0 Å². The van der Waals surface area contributed by atoms with Crippen LogP contribution in [0.4, 0.5) is 5.95 Å². The van der Waals surface area contributed by atoms with Crippen LogP contribution in [0.25, 0.3) is 10.9 Å². The molecule has 2 aromatic heterocycles. The maximum Gasteiger partial charge on any atom is 0.251 e. The van der Waals surface area contributed by atoms with Crippen molar-refractivity contribution in [3.05, 3.63) is 42.4 Å². The van der Waals surface area contributed by atoms with Crippen LogP contribution >= 0.6 is 10.8 Å². The molecule has 0 bridgehead atoms. The van der Waals surface area contributed by atoms with Crippen molar-refractivity contribution in [3.63, 3.8) is 0 Å². The summed E-state index contributed by atoms with van der Waals surface area (Å²) in [4.78, 5) is 31.3. The molecule has 0 saturated heterocycles. The highest BCUT2D eigenvalue weighted by Crippen LogP contribution is 2.28. The van der Waals surface area contributed by atoms with Gasteiger partial charge in [-0.15, -0.1) is 10.8 Å². The number of amides is 1. The van der Waals surface area contributed by atoms with E-state index in [1.807, 2.05) is 10.7 Å². The molecule has 3 aromatic rings. The van der Waals surface area contributed by atoms with Gasteiger partial charge in [0.25, 0.3) is 5.91 Å². The van der Waals surface area contributed by atoms with E-state index in [1.54, 1.807) is 30.7 Å². The Balaban J connectivity index is 1.56. The zero-order chi connectivity index (χ0) is 22.4. The molecule has 0 spiro atoms. The molecule has 12 heteroatoms. The van der Waals surface area contributed by atoms with Gasteiger partial charge in [-0.25, -0.2) is 9.71 Å². The summed E-state index contributed by atoms with van der Waals surface area (Å²) in [5.41, 5.74) is 1.34. The van der Waals surface area contributed by atoms with Gasteiger partial charge in [-0.3, -0.25) is 23.4 Å². The molecule has 1 aromatic carbocycles. The Hall–Kier alpha value is -2.93. The molecule has 31 heavy (non-hydrogen) atoms. The summed E-state index contributed by atoms with van der Waals surface area (Å²) in [5.74, 6) is 0.0607. The maximum atomic E-state index is 12.5. The molecule has 1 unspecified atom stereocenters. The molecule has 1 amide bonds. The number of hydrogen-bond donors (Lipinski definition) is 6. The van der Waals surface area contributed by atoms with Crippen LogP contribution in [0.15, 0.2) is 36.8 Å². The van der Waals surface area contributed by atoms with E-state index in [4.69, 9.17) is 0 Å². The zero-order valence-corrected chi connectivity index (χ0v) is 18.1. The number of nitrogens with one attached hydrogen (secondary N) is 4. The van der Waals surface area contributed by atoms with Gasteiger partial charge >= 0.3 is 0 Å². The number of ketones is 1. The number of aromatic nitrogens is 4. The third-order valence-corrected chi connectivity index (χ3v) is 5.30. The van der Waals surface area contributed by atoms with Crippen molar-refractivity contribution in [1.29, 1.82) is 0 Å². The van der Waals surface area contributed by atoms with Crippen LogP contribution in [0.1, 0.15) is 23.7 Å². The Bertz CT molecular complexity index is 1030. The Morgan fingerprint density at radius 3 is 2.81 bits per heavy atom. The SMILES string of the molecule is CC(=O)C(CNC(=O)c1ccc2c(cnn2CCCNc2ncc[nH]2)c1)NS(C)(O)O. The number of aryl methyl sites for hydroxylation is 1. The van der Waals surface area contributed by atoms with Crippen molar-refractivity contribution >= 4 is 39.3 Å². The predicted molar refractivity (Wildman–Crippen MR) is 120 cm³/mol. The topological polar surface area (TPSA) is 157 Å². The quantitative estimate of drug-likeness (QED) is 0.242. The van der Waals surface area contributed by atoms with Crippen LogP contribution in [0.5, 0.6) is 0 Å². The number of H-pyrrole nitrogens is 1. The number of anilines is 1. The lowest BCUT2D eigenvalue weighted by Gasteiger charge is -2.32. The third-order valence-electron chi connectivity index (χ3n) is 4.56. The number of benzene rings is 1. The predicted octanol–water partition coefficient (Wildman–Crippen LogP) is 1.83.